The topological polar surface area (TPSA) is 102 Å². The average Bonchev–Trinajstić information content (AvgIpc) is 2.89. The SMILES string of the molecule is Cc1ccc(S(=O)(=O)NCCC(=O)O[C@@H](C)C(=O)NC2CCCCCC2)c(C)c1. The number of aryl methyl sites for hydroxylation is 2. The fraction of sp³-hybridized carbons (Fsp3) is 0.619. The monoisotopic (exact) mass is 424 g/mol. The lowest BCUT2D eigenvalue weighted by atomic mass is 10.1. The van der Waals surface area contributed by atoms with E-state index >= 15 is 0 Å². The maximum absolute atomic E-state index is 12.4. The molecule has 0 heterocycles. The van der Waals surface area contributed by atoms with E-state index in [2.05, 4.69) is 10.0 Å². The minimum atomic E-state index is -3.71. The summed E-state index contributed by atoms with van der Waals surface area (Å²) >= 11 is 0. The van der Waals surface area contributed by atoms with Crippen molar-refractivity contribution in [3.05, 3.63) is 29.3 Å². The summed E-state index contributed by atoms with van der Waals surface area (Å²) in [6.07, 6.45) is 5.43. The Kier molecular flexibility index (Phi) is 8.64. The van der Waals surface area contributed by atoms with Gasteiger partial charge in [-0.25, -0.2) is 13.1 Å². The van der Waals surface area contributed by atoms with Gasteiger partial charge in [0, 0.05) is 12.6 Å². The summed E-state index contributed by atoms with van der Waals surface area (Å²) in [7, 11) is -3.71. The standard InChI is InChI=1S/C21H32N2O5S/c1-15-10-11-19(16(2)14-15)29(26,27)22-13-12-20(24)28-17(3)21(25)23-18-8-6-4-5-7-9-18/h10-11,14,17-18,22H,4-9,12-13H2,1-3H3,(H,23,25)/t17-/m0/s1. The molecule has 1 aliphatic rings. The van der Waals surface area contributed by atoms with Crippen LogP contribution < -0.4 is 10.0 Å². The van der Waals surface area contributed by atoms with Crippen LogP contribution in [-0.4, -0.2) is 39.0 Å². The Morgan fingerprint density at radius 2 is 1.79 bits per heavy atom. The maximum atomic E-state index is 12.4. The lowest BCUT2D eigenvalue weighted by molar-refractivity contribution is -0.154. The first-order valence-corrected chi connectivity index (χ1v) is 11.7. The fourth-order valence-electron chi connectivity index (χ4n) is 3.52. The molecule has 0 aromatic heterocycles. The molecule has 29 heavy (non-hydrogen) atoms. The first kappa shape index (κ1) is 23.3. The normalized spacial score (nSPS) is 16.7. The Bertz CT molecular complexity index is 814. The number of ether oxygens (including phenoxy) is 1. The van der Waals surface area contributed by atoms with E-state index in [0.29, 0.717) is 5.56 Å². The molecule has 1 aliphatic carbocycles. The van der Waals surface area contributed by atoms with Crippen molar-refractivity contribution < 1.29 is 22.7 Å². The van der Waals surface area contributed by atoms with E-state index in [4.69, 9.17) is 4.74 Å². The minimum Gasteiger partial charge on any atom is -0.453 e. The van der Waals surface area contributed by atoms with Gasteiger partial charge < -0.3 is 10.1 Å². The van der Waals surface area contributed by atoms with Crippen LogP contribution in [0.25, 0.3) is 0 Å². The van der Waals surface area contributed by atoms with Gasteiger partial charge in [0.05, 0.1) is 11.3 Å². The second-order valence-electron chi connectivity index (χ2n) is 7.75. The summed E-state index contributed by atoms with van der Waals surface area (Å²) in [5.74, 6) is -0.919. The predicted molar refractivity (Wildman–Crippen MR) is 111 cm³/mol. The number of amides is 1. The zero-order chi connectivity index (χ0) is 21.4. The first-order chi connectivity index (χ1) is 13.7. The molecule has 2 N–H and O–H groups in total. The van der Waals surface area contributed by atoms with Crippen molar-refractivity contribution in [1.82, 2.24) is 10.0 Å². The number of esters is 1. The Balaban J connectivity index is 1.77. The molecule has 2 rings (SSSR count). The molecule has 1 aromatic carbocycles. The zero-order valence-electron chi connectivity index (χ0n) is 17.5. The third-order valence-electron chi connectivity index (χ3n) is 5.12. The fourth-order valence-corrected chi connectivity index (χ4v) is 4.77. The summed E-state index contributed by atoms with van der Waals surface area (Å²) in [5, 5.41) is 2.95. The molecule has 0 radical (unpaired) electrons. The van der Waals surface area contributed by atoms with Crippen LogP contribution in [0.2, 0.25) is 0 Å². The minimum absolute atomic E-state index is 0.0918. The number of hydrogen-bond donors (Lipinski definition) is 2. The van der Waals surface area contributed by atoms with Gasteiger partial charge in [-0.1, -0.05) is 43.4 Å². The molecule has 1 amide bonds. The van der Waals surface area contributed by atoms with Crippen LogP contribution in [0.3, 0.4) is 0 Å². The van der Waals surface area contributed by atoms with E-state index in [0.717, 1.165) is 31.2 Å². The maximum Gasteiger partial charge on any atom is 0.307 e. The molecule has 1 saturated carbocycles. The number of rotatable bonds is 8. The Morgan fingerprint density at radius 1 is 1.14 bits per heavy atom. The summed E-state index contributed by atoms with van der Waals surface area (Å²) in [5.41, 5.74) is 1.62. The van der Waals surface area contributed by atoms with Crippen LogP contribution in [0.15, 0.2) is 23.1 Å². The van der Waals surface area contributed by atoms with Crippen molar-refractivity contribution in [3.63, 3.8) is 0 Å². The molecule has 0 bridgehead atoms. The molecule has 1 aromatic rings. The Hall–Kier alpha value is -1.93. The van der Waals surface area contributed by atoms with Gasteiger partial charge in [-0.3, -0.25) is 9.59 Å². The van der Waals surface area contributed by atoms with Gasteiger partial charge in [0.15, 0.2) is 6.10 Å². The third-order valence-corrected chi connectivity index (χ3v) is 6.74. The van der Waals surface area contributed by atoms with Gasteiger partial charge in [0.25, 0.3) is 5.91 Å². The molecule has 0 saturated heterocycles. The third kappa shape index (κ3) is 7.44. The molecule has 8 heteroatoms. The van der Waals surface area contributed by atoms with Gasteiger partial charge >= 0.3 is 5.97 Å². The summed E-state index contributed by atoms with van der Waals surface area (Å²) in [4.78, 5) is 24.4. The largest absolute Gasteiger partial charge is 0.453 e. The van der Waals surface area contributed by atoms with Crippen molar-refractivity contribution in [1.29, 1.82) is 0 Å². The van der Waals surface area contributed by atoms with E-state index in [1.165, 1.54) is 19.8 Å². The number of nitrogens with one attached hydrogen (secondary N) is 2. The number of hydrogen-bond acceptors (Lipinski definition) is 5. The summed E-state index contributed by atoms with van der Waals surface area (Å²) < 4.78 is 32.4. The van der Waals surface area contributed by atoms with E-state index in [9.17, 15) is 18.0 Å². The van der Waals surface area contributed by atoms with E-state index < -0.39 is 22.1 Å². The van der Waals surface area contributed by atoms with Gasteiger partial charge in [0.2, 0.25) is 10.0 Å². The Labute approximate surface area is 173 Å². The molecule has 162 valence electrons. The predicted octanol–water partition coefficient (Wildman–Crippen LogP) is 2.74. The molecule has 7 nitrogen and oxygen atoms in total. The highest BCUT2D eigenvalue weighted by molar-refractivity contribution is 7.89. The number of benzene rings is 1. The van der Waals surface area contributed by atoms with Crippen molar-refractivity contribution in [2.45, 2.75) is 82.8 Å². The zero-order valence-corrected chi connectivity index (χ0v) is 18.3. The molecule has 0 spiro atoms. The van der Waals surface area contributed by atoms with Crippen LogP contribution in [0, 0.1) is 13.8 Å². The van der Waals surface area contributed by atoms with E-state index in [1.807, 2.05) is 6.92 Å². The van der Waals surface area contributed by atoms with Crippen LogP contribution in [0.4, 0.5) is 0 Å². The molecule has 0 unspecified atom stereocenters. The lowest BCUT2D eigenvalue weighted by Gasteiger charge is -2.19. The quantitative estimate of drug-likeness (QED) is 0.494. The number of carbonyl (C=O) groups is 2. The van der Waals surface area contributed by atoms with Gasteiger partial charge in [-0.2, -0.15) is 0 Å². The van der Waals surface area contributed by atoms with E-state index in [1.54, 1.807) is 25.1 Å². The molecule has 0 aliphatic heterocycles. The first-order valence-electron chi connectivity index (χ1n) is 10.3. The number of sulfonamides is 1. The summed E-state index contributed by atoms with van der Waals surface area (Å²) in [6.45, 7) is 5.06. The second-order valence-corrected chi connectivity index (χ2v) is 9.48. The van der Waals surface area contributed by atoms with Crippen LogP contribution >= 0.6 is 0 Å². The molecular formula is C21H32N2O5S. The molecular weight excluding hydrogens is 392 g/mol. The Morgan fingerprint density at radius 3 is 2.41 bits per heavy atom. The lowest BCUT2D eigenvalue weighted by Crippen LogP contribution is -2.42. The van der Waals surface area contributed by atoms with Gasteiger partial charge in [-0.05, 0) is 45.2 Å². The van der Waals surface area contributed by atoms with Crippen LogP contribution in [0.5, 0.6) is 0 Å². The van der Waals surface area contributed by atoms with Crippen molar-refractivity contribution in [2.75, 3.05) is 6.54 Å². The van der Waals surface area contributed by atoms with Gasteiger partial charge in [0.1, 0.15) is 0 Å². The molecule has 1 atom stereocenters. The highest BCUT2D eigenvalue weighted by Crippen LogP contribution is 2.18. The van der Waals surface area contributed by atoms with Crippen molar-refractivity contribution >= 4 is 21.9 Å². The van der Waals surface area contributed by atoms with E-state index in [-0.39, 0.29) is 29.8 Å². The smallest absolute Gasteiger partial charge is 0.307 e. The molecule has 1 fully saturated rings. The average molecular weight is 425 g/mol. The summed E-state index contributed by atoms with van der Waals surface area (Å²) in [6, 6.07) is 5.20. The highest BCUT2D eigenvalue weighted by Gasteiger charge is 2.22. The van der Waals surface area contributed by atoms with Crippen molar-refractivity contribution in [3.8, 4) is 0 Å². The van der Waals surface area contributed by atoms with Crippen molar-refractivity contribution in [2.24, 2.45) is 0 Å². The number of carbonyl (C=O) groups excluding carboxylic acids is 2. The second kappa shape index (κ2) is 10.7. The van der Waals surface area contributed by atoms with Crippen LogP contribution in [-0.2, 0) is 24.3 Å². The highest BCUT2D eigenvalue weighted by atomic mass is 32.2. The van der Waals surface area contributed by atoms with Crippen LogP contribution in [0.1, 0.15) is 63.0 Å². The van der Waals surface area contributed by atoms with Gasteiger partial charge in [-0.15, -0.1) is 0 Å².